The average Bonchev–Trinajstić information content (AvgIpc) is 2.06. The summed E-state index contributed by atoms with van der Waals surface area (Å²) < 4.78 is 20.7. The fraction of sp³-hybridized carbons (Fsp3) is 0.250. The van der Waals surface area contributed by atoms with E-state index in [1.807, 2.05) is 6.07 Å². The Labute approximate surface area is 73.1 Å². The molecule has 0 amide bonds. The van der Waals surface area contributed by atoms with Crippen LogP contribution in [0, 0.1) is 4.78 Å². The maximum Gasteiger partial charge on any atom is 0.136 e. The number of benzene rings is 1. The van der Waals surface area contributed by atoms with Crippen LogP contribution in [0.25, 0.3) is 0 Å². The van der Waals surface area contributed by atoms with Crippen molar-refractivity contribution in [2.45, 2.75) is 4.90 Å². The lowest BCUT2D eigenvalue weighted by Crippen LogP contribution is -2.20. The lowest BCUT2D eigenvalue weighted by molar-refractivity contribution is 0.589. The van der Waals surface area contributed by atoms with Crippen molar-refractivity contribution in [2.75, 3.05) is 14.1 Å². The molecule has 0 heterocycles. The summed E-state index contributed by atoms with van der Waals surface area (Å²) in [6.07, 6.45) is 0. The molecule has 0 radical (unpaired) electrons. The first-order valence-electron chi connectivity index (χ1n) is 3.56. The number of nitrogens with zero attached hydrogens (tertiary/aromatic N) is 1. The van der Waals surface area contributed by atoms with Crippen molar-refractivity contribution in [1.82, 2.24) is 4.31 Å². The number of rotatable bonds is 2. The van der Waals surface area contributed by atoms with Crippen LogP contribution < -0.4 is 0 Å². The first-order valence-corrected chi connectivity index (χ1v) is 5.08. The van der Waals surface area contributed by atoms with Crippen molar-refractivity contribution in [2.24, 2.45) is 0 Å². The van der Waals surface area contributed by atoms with Crippen molar-refractivity contribution in [1.29, 1.82) is 4.78 Å². The van der Waals surface area contributed by atoms with E-state index in [0.29, 0.717) is 4.90 Å². The minimum Gasteiger partial charge on any atom is -0.236 e. The molecule has 1 aromatic rings. The molecule has 0 aliphatic carbocycles. The molecule has 1 aromatic carbocycles. The molecule has 12 heavy (non-hydrogen) atoms. The van der Waals surface area contributed by atoms with Gasteiger partial charge in [0.1, 0.15) is 9.92 Å². The zero-order valence-corrected chi connectivity index (χ0v) is 7.97. The van der Waals surface area contributed by atoms with Crippen molar-refractivity contribution in [3.05, 3.63) is 30.3 Å². The fourth-order valence-corrected chi connectivity index (χ4v) is 1.76. The third-order valence-electron chi connectivity index (χ3n) is 1.58. The van der Waals surface area contributed by atoms with E-state index >= 15 is 0 Å². The summed E-state index contributed by atoms with van der Waals surface area (Å²) in [5.74, 6) is 0. The van der Waals surface area contributed by atoms with Crippen LogP contribution in [-0.2, 0) is 9.92 Å². The van der Waals surface area contributed by atoms with Gasteiger partial charge < -0.3 is 0 Å². The summed E-state index contributed by atoms with van der Waals surface area (Å²) in [6, 6.07) is 8.82. The van der Waals surface area contributed by atoms with E-state index < -0.39 is 9.92 Å². The predicted octanol–water partition coefficient (Wildman–Crippen LogP) is 1.57. The number of hydrogen-bond donors (Lipinski definition) is 1. The standard InChI is InChI=1S/C8H12N2OS/c1-10(2)12(9,11)8-6-4-3-5-7-8/h3-7,9H,1-2H3/t12-/m1/s1. The molecular weight excluding hydrogens is 172 g/mol. The zero-order valence-electron chi connectivity index (χ0n) is 7.15. The maximum absolute atomic E-state index is 11.7. The van der Waals surface area contributed by atoms with Crippen LogP contribution in [0.2, 0.25) is 0 Å². The van der Waals surface area contributed by atoms with Crippen molar-refractivity contribution in [3.8, 4) is 0 Å². The summed E-state index contributed by atoms with van der Waals surface area (Å²) in [7, 11) is 0.539. The number of hydrogen-bond acceptors (Lipinski definition) is 2. The molecule has 0 aliphatic rings. The van der Waals surface area contributed by atoms with E-state index in [4.69, 9.17) is 4.78 Å². The molecule has 0 aliphatic heterocycles. The second kappa shape index (κ2) is 3.25. The molecule has 0 unspecified atom stereocenters. The largest absolute Gasteiger partial charge is 0.236 e. The zero-order chi connectivity index (χ0) is 9.19. The van der Waals surface area contributed by atoms with E-state index in [9.17, 15) is 4.21 Å². The van der Waals surface area contributed by atoms with E-state index in [-0.39, 0.29) is 0 Å². The monoisotopic (exact) mass is 184 g/mol. The topological polar surface area (TPSA) is 44.2 Å². The summed E-state index contributed by atoms with van der Waals surface area (Å²) in [5, 5.41) is 0. The SMILES string of the molecule is CN(C)[S@@](=N)(=O)c1ccccc1. The van der Waals surface area contributed by atoms with Gasteiger partial charge in [0.15, 0.2) is 0 Å². The molecule has 0 saturated carbocycles. The van der Waals surface area contributed by atoms with E-state index in [1.165, 1.54) is 4.31 Å². The first-order chi connectivity index (χ1) is 5.55. The smallest absolute Gasteiger partial charge is 0.136 e. The molecule has 4 heteroatoms. The van der Waals surface area contributed by atoms with E-state index in [2.05, 4.69) is 0 Å². The van der Waals surface area contributed by atoms with Gasteiger partial charge in [-0.3, -0.25) is 0 Å². The Hall–Kier alpha value is -0.870. The van der Waals surface area contributed by atoms with Gasteiger partial charge in [-0.2, -0.15) is 0 Å². The molecule has 1 rings (SSSR count). The van der Waals surface area contributed by atoms with E-state index in [0.717, 1.165) is 0 Å². The molecular formula is C8H12N2OS. The highest BCUT2D eigenvalue weighted by Gasteiger charge is 2.10. The fourth-order valence-electron chi connectivity index (χ4n) is 0.816. The van der Waals surface area contributed by atoms with Gasteiger partial charge in [0.25, 0.3) is 0 Å². The Morgan fingerprint density at radius 2 is 1.75 bits per heavy atom. The third kappa shape index (κ3) is 1.65. The maximum atomic E-state index is 11.7. The van der Waals surface area contributed by atoms with Gasteiger partial charge in [-0.05, 0) is 12.1 Å². The van der Waals surface area contributed by atoms with Gasteiger partial charge in [0.2, 0.25) is 0 Å². The quantitative estimate of drug-likeness (QED) is 0.745. The van der Waals surface area contributed by atoms with Gasteiger partial charge in [-0.25, -0.2) is 13.3 Å². The minimum atomic E-state index is -2.74. The van der Waals surface area contributed by atoms with Crippen LogP contribution in [-0.4, -0.2) is 22.6 Å². The highest BCUT2D eigenvalue weighted by atomic mass is 32.2. The van der Waals surface area contributed by atoms with Gasteiger partial charge in [-0.1, -0.05) is 18.2 Å². The second-order valence-electron chi connectivity index (χ2n) is 2.65. The Morgan fingerprint density at radius 1 is 1.25 bits per heavy atom. The van der Waals surface area contributed by atoms with Crippen molar-refractivity contribution in [3.63, 3.8) is 0 Å². The van der Waals surface area contributed by atoms with Crippen LogP contribution >= 0.6 is 0 Å². The first kappa shape index (κ1) is 9.22. The lowest BCUT2D eigenvalue weighted by atomic mass is 10.4. The Balaban J connectivity index is 3.17. The molecule has 66 valence electrons. The second-order valence-corrected chi connectivity index (χ2v) is 4.90. The molecule has 0 aromatic heterocycles. The average molecular weight is 184 g/mol. The van der Waals surface area contributed by atoms with Crippen LogP contribution in [0.3, 0.4) is 0 Å². The summed E-state index contributed by atoms with van der Waals surface area (Å²) in [5.41, 5.74) is 0. The Morgan fingerprint density at radius 3 is 2.17 bits per heavy atom. The van der Waals surface area contributed by atoms with Crippen LogP contribution in [0.4, 0.5) is 0 Å². The van der Waals surface area contributed by atoms with Gasteiger partial charge in [0.05, 0.1) is 4.90 Å². The normalized spacial score (nSPS) is 15.9. The molecule has 0 saturated heterocycles. The molecule has 0 fully saturated rings. The van der Waals surface area contributed by atoms with Crippen LogP contribution in [0.1, 0.15) is 0 Å². The molecule has 1 N–H and O–H groups in total. The summed E-state index contributed by atoms with van der Waals surface area (Å²) >= 11 is 0. The number of nitrogens with one attached hydrogen (secondary N) is 1. The summed E-state index contributed by atoms with van der Waals surface area (Å²) in [6.45, 7) is 0. The lowest BCUT2D eigenvalue weighted by Gasteiger charge is -2.13. The van der Waals surface area contributed by atoms with Crippen molar-refractivity contribution < 1.29 is 4.21 Å². The van der Waals surface area contributed by atoms with Gasteiger partial charge >= 0.3 is 0 Å². The van der Waals surface area contributed by atoms with E-state index in [1.54, 1.807) is 38.4 Å². The van der Waals surface area contributed by atoms with Gasteiger partial charge in [0, 0.05) is 14.1 Å². The van der Waals surface area contributed by atoms with Crippen molar-refractivity contribution >= 4 is 9.92 Å². The predicted molar refractivity (Wildman–Crippen MR) is 49.3 cm³/mol. The highest BCUT2D eigenvalue weighted by Crippen LogP contribution is 2.11. The van der Waals surface area contributed by atoms with Gasteiger partial charge in [-0.15, -0.1) is 0 Å². The molecule has 0 bridgehead atoms. The minimum absolute atomic E-state index is 0.551. The molecule has 0 spiro atoms. The Bertz CT molecular complexity index is 343. The Kier molecular flexibility index (Phi) is 2.49. The molecule has 3 nitrogen and oxygen atoms in total. The summed E-state index contributed by atoms with van der Waals surface area (Å²) in [4.78, 5) is 0.551. The van der Waals surface area contributed by atoms with Crippen LogP contribution in [0.5, 0.6) is 0 Å². The molecule has 1 atom stereocenters. The van der Waals surface area contributed by atoms with Crippen LogP contribution in [0.15, 0.2) is 35.2 Å². The highest BCUT2D eigenvalue weighted by molar-refractivity contribution is 7.90. The third-order valence-corrected chi connectivity index (χ3v) is 3.52.